The van der Waals surface area contributed by atoms with Crippen LogP contribution in [0.15, 0.2) is 41.8 Å². The fraction of sp³-hybridized carbons (Fsp3) is 0.308. The Bertz CT molecular complexity index is 363. The highest BCUT2D eigenvalue weighted by Crippen LogP contribution is 2.19. The lowest BCUT2D eigenvalue weighted by Crippen LogP contribution is -2.00. The lowest BCUT2D eigenvalue weighted by atomic mass is 10.2. The van der Waals surface area contributed by atoms with Crippen molar-refractivity contribution in [1.82, 2.24) is 0 Å². The Labute approximate surface area is 99.7 Å². The molecule has 0 unspecified atom stereocenters. The quantitative estimate of drug-likeness (QED) is 0.408. The Hall–Kier alpha value is -1.09. The van der Waals surface area contributed by atoms with Gasteiger partial charge in [-0.05, 0) is 31.0 Å². The average molecular weight is 238 g/mol. The molecule has 1 aromatic rings. The lowest BCUT2D eigenvalue weighted by Gasteiger charge is -2.01. The summed E-state index contributed by atoms with van der Waals surface area (Å²) in [5.41, 5.74) is 0. The van der Waals surface area contributed by atoms with E-state index in [2.05, 4.69) is 6.58 Å². The Balaban J connectivity index is 2.28. The van der Waals surface area contributed by atoms with Gasteiger partial charge in [0, 0.05) is 11.3 Å². The molecule has 16 heavy (non-hydrogen) atoms. The van der Waals surface area contributed by atoms with Crippen molar-refractivity contribution in [2.24, 2.45) is 0 Å². The molecule has 0 spiro atoms. The zero-order valence-corrected chi connectivity index (χ0v) is 9.93. The Kier molecular flexibility index (Phi) is 5.86. The summed E-state index contributed by atoms with van der Waals surface area (Å²) < 4.78 is 12.8. The monoisotopic (exact) mass is 238 g/mol. The molecule has 0 aliphatic rings. The van der Waals surface area contributed by atoms with E-state index in [1.54, 1.807) is 6.07 Å². The molecule has 0 amide bonds. The van der Waals surface area contributed by atoms with E-state index in [-0.39, 0.29) is 11.6 Å². The molecule has 0 bridgehead atoms. The van der Waals surface area contributed by atoms with Gasteiger partial charge in [-0.25, -0.2) is 4.39 Å². The first-order valence-corrected chi connectivity index (χ1v) is 6.22. The van der Waals surface area contributed by atoms with Gasteiger partial charge in [0.15, 0.2) is 0 Å². The van der Waals surface area contributed by atoms with E-state index in [4.69, 9.17) is 0 Å². The Morgan fingerprint density at radius 2 is 2.31 bits per heavy atom. The number of thioether (sulfide) groups is 1. The van der Waals surface area contributed by atoms with Crippen molar-refractivity contribution in [3.63, 3.8) is 0 Å². The molecule has 0 radical (unpaired) electrons. The highest BCUT2D eigenvalue weighted by atomic mass is 32.2. The van der Waals surface area contributed by atoms with Crippen molar-refractivity contribution in [1.29, 1.82) is 0 Å². The van der Waals surface area contributed by atoms with Crippen molar-refractivity contribution in [2.45, 2.75) is 24.2 Å². The molecule has 1 rings (SSSR count). The van der Waals surface area contributed by atoms with E-state index in [1.165, 1.54) is 23.9 Å². The highest BCUT2D eigenvalue weighted by Gasteiger charge is 2.03. The lowest BCUT2D eigenvalue weighted by molar-refractivity contribution is -0.116. The summed E-state index contributed by atoms with van der Waals surface area (Å²) in [4.78, 5) is 12.2. The summed E-state index contributed by atoms with van der Waals surface area (Å²) in [6, 6.07) is 6.31. The van der Waals surface area contributed by atoms with Crippen LogP contribution in [0.2, 0.25) is 0 Å². The fourth-order valence-corrected chi connectivity index (χ4v) is 2.08. The second-order valence-corrected chi connectivity index (χ2v) is 4.51. The molecule has 1 aromatic carbocycles. The van der Waals surface area contributed by atoms with Crippen LogP contribution in [0.3, 0.4) is 0 Å². The summed E-state index contributed by atoms with van der Waals surface area (Å²) in [7, 11) is 0. The van der Waals surface area contributed by atoms with Crippen LogP contribution in [0.5, 0.6) is 0 Å². The second-order valence-electron chi connectivity index (χ2n) is 3.47. The molecule has 0 aromatic heterocycles. The van der Waals surface area contributed by atoms with Crippen molar-refractivity contribution in [3.8, 4) is 0 Å². The zero-order chi connectivity index (χ0) is 11.8. The first-order chi connectivity index (χ1) is 7.72. The second kappa shape index (κ2) is 7.23. The predicted molar refractivity (Wildman–Crippen MR) is 66.2 cm³/mol. The number of benzene rings is 1. The van der Waals surface area contributed by atoms with Gasteiger partial charge in [-0.3, -0.25) is 4.79 Å². The third kappa shape index (κ3) is 5.12. The van der Waals surface area contributed by atoms with Crippen LogP contribution in [0.4, 0.5) is 4.39 Å². The average Bonchev–Trinajstić information content (AvgIpc) is 2.27. The molecule has 1 nitrogen and oxygen atoms in total. The molecule has 0 aliphatic carbocycles. The summed E-state index contributed by atoms with van der Waals surface area (Å²) in [6.45, 7) is 3.60. The predicted octanol–water partition coefficient (Wildman–Crippen LogP) is 3.84. The number of hydrogen-bond donors (Lipinski definition) is 0. The van der Waals surface area contributed by atoms with Crippen LogP contribution in [0.1, 0.15) is 19.3 Å². The summed E-state index contributed by atoms with van der Waals surface area (Å²) >= 11 is 1.39. The van der Waals surface area contributed by atoms with Gasteiger partial charge in [-0.1, -0.05) is 12.1 Å². The van der Waals surface area contributed by atoms with Gasteiger partial charge >= 0.3 is 0 Å². The molecule has 0 heterocycles. The molecular weight excluding hydrogens is 223 g/mol. The molecule has 86 valence electrons. The number of allylic oxidation sites excluding steroid dienone is 1. The van der Waals surface area contributed by atoms with Crippen molar-refractivity contribution in [2.75, 3.05) is 5.75 Å². The van der Waals surface area contributed by atoms with Gasteiger partial charge in [-0.2, -0.15) is 0 Å². The van der Waals surface area contributed by atoms with E-state index >= 15 is 0 Å². The van der Waals surface area contributed by atoms with E-state index < -0.39 is 0 Å². The third-order valence-corrected chi connectivity index (χ3v) is 3.11. The van der Waals surface area contributed by atoms with Gasteiger partial charge < -0.3 is 0 Å². The summed E-state index contributed by atoms with van der Waals surface area (Å²) in [6.07, 6.45) is 4.11. The van der Waals surface area contributed by atoms with E-state index in [9.17, 15) is 9.18 Å². The Morgan fingerprint density at radius 3 is 3.00 bits per heavy atom. The van der Waals surface area contributed by atoms with Gasteiger partial charge in [0.1, 0.15) is 11.6 Å². The molecule has 0 fully saturated rings. The van der Waals surface area contributed by atoms with Gasteiger partial charge in [0.2, 0.25) is 0 Å². The molecule has 0 saturated carbocycles. The summed E-state index contributed by atoms with van der Waals surface area (Å²) in [5, 5.41) is 0. The van der Waals surface area contributed by atoms with Crippen LogP contribution in [-0.2, 0) is 4.79 Å². The number of carbonyl (C=O) groups excluding carboxylic acids is 1. The molecular formula is C13H15FOS. The van der Waals surface area contributed by atoms with Crippen molar-refractivity contribution in [3.05, 3.63) is 42.7 Å². The first-order valence-electron chi connectivity index (χ1n) is 5.23. The minimum Gasteiger partial charge on any atom is -0.299 e. The largest absolute Gasteiger partial charge is 0.299 e. The smallest absolute Gasteiger partial charge is 0.143 e. The number of carbonyl (C=O) groups is 1. The SMILES string of the molecule is C=CCCCC(=O)CSc1cccc(F)c1. The number of Topliss-reactive ketones (excluding diaryl/α,β-unsaturated/α-hetero) is 1. The van der Waals surface area contributed by atoms with Gasteiger partial charge in [-0.15, -0.1) is 18.3 Å². The number of ketones is 1. The maximum atomic E-state index is 12.8. The van der Waals surface area contributed by atoms with Crippen LogP contribution in [0.25, 0.3) is 0 Å². The van der Waals surface area contributed by atoms with Crippen molar-refractivity contribution >= 4 is 17.5 Å². The standard InChI is InChI=1S/C13H15FOS/c1-2-3-4-7-12(15)10-16-13-8-5-6-11(14)9-13/h2,5-6,8-9H,1,3-4,7,10H2. The van der Waals surface area contributed by atoms with Crippen molar-refractivity contribution < 1.29 is 9.18 Å². The molecule has 0 aliphatic heterocycles. The number of unbranched alkanes of at least 4 members (excludes halogenated alkanes) is 1. The minimum absolute atomic E-state index is 0.205. The fourth-order valence-electron chi connectivity index (χ4n) is 1.24. The molecule has 3 heteroatoms. The molecule has 0 saturated heterocycles. The Morgan fingerprint density at radius 1 is 1.50 bits per heavy atom. The summed E-state index contributed by atoms with van der Waals surface area (Å²) in [5.74, 6) is 0.362. The van der Waals surface area contributed by atoms with Crippen LogP contribution in [0, 0.1) is 5.82 Å². The van der Waals surface area contributed by atoms with E-state index in [0.717, 1.165) is 17.7 Å². The van der Waals surface area contributed by atoms with Gasteiger partial charge in [0.05, 0.1) is 5.75 Å². The van der Waals surface area contributed by atoms with E-state index in [0.29, 0.717) is 12.2 Å². The normalized spacial score (nSPS) is 10.1. The van der Waals surface area contributed by atoms with E-state index in [1.807, 2.05) is 12.1 Å². The highest BCUT2D eigenvalue weighted by molar-refractivity contribution is 8.00. The number of rotatable bonds is 7. The molecule has 0 N–H and O–H groups in total. The molecule has 0 atom stereocenters. The number of halogens is 1. The van der Waals surface area contributed by atoms with Gasteiger partial charge in [0.25, 0.3) is 0 Å². The van der Waals surface area contributed by atoms with Crippen LogP contribution in [-0.4, -0.2) is 11.5 Å². The maximum Gasteiger partial charge on any atom is 0.143 e. The zero-order valence-electron chi connectivity index (χ0n) is 9.12. The third-order valence-electron chi connectivity index (χ3n) is 2.06. The minimum atomic E-state index is -0.260. The van der Waals surface area contributed by atoms with Crippen LogP contribution >= 0.6 is 11.8 Å². The number of hydrogen-bond acceptors (Lipinski definition) is 2. The maximum absolute atomic E-state index is 12.8. The first kappa shape index (κ1) is 13.0. The topological polar surface area (TPSA) is 17.1 Å². The van der Waals surface area contributed by atoms with Crippen LogP contribution < -0.4 is 0 Å².